The second-order valence-electron chi connectivity index (χ2n) is 26.6. The molecule has 15 atom stereocenters. The average molecular weight is 1580 g/mol. The van der Waals surface area contributed by atoms with Gasteiger partial charge in [-0.1, -0.05) is 25.5 Å². The zero-order valence-corrected chi connectivity index (χ0v) is 62.6. The molecule has 13 amide bonds. The summed E-state index contributed by atoms with van der Waals surface area (Å²) in [6, 6.07) is -19.2. The molecular weight excluding hydrogens is 1470 g/mol. The van der Waals surface area contributed by atoms with Gasteiger partial charge in [0, 0.05) is 63.0 Å². The fourth-order valence-corrected chi connectivity index (χ4v) is 12.9. The van der Waals surface area contributed by atoms with E-state index in [1.807, 2.05) is 0 Å². The number of H-pyrrole nitrogens is 1. The predicted molar refractivity (Wildman–Crippen MR) is 391 cm³/mol. The van der Waals surface area contributed by atoms with Gasteiger partial charge in [0.25, 0.3) is 0 Å². The van der Waals surface area contributed by atoms with E-state index in [9.17, 15) is 92.3 Å². The van der Waals surface area contributed by atoms with E-state index < -0.39 is 211 Å². The number of aromatic nitrogens is 5. The Hall–Kier alpha value is -9.83. The van der Waals surface area contributed by atoms with Crippen molar-refractivity contribution < 1.29 is 92.3 Å². The first-order valence-electron chi connectivity index (χ1n) is 35.8. The molecule has 109 heavy (non-hydrogen) atoms. The van der Waals surface area contributed by atoms with Crippen molar-refractivity contribution in [2.75, 3.05) is 57.4 Å². The van der Waals surface area contributed by atoms with Crippen LogP contribution in [0.4, 0.5) is 0 Å². The Morgan fingerprint density at radius 2 is 1.13 bits per heavy atom. The van der Waals surface area contributed by atoms with Gasteiger partial charge < -0.3 is 122 Å². The summed E-state index contributed by atoms with van der Waals surface area (Å²) in [4.78, 5) is 217. The van der Waals surface area contributed by atoms with E-state index in [-0.39, 0.29) is 121 Å². The van der Waals surface area contributed by atoms with Crippen LogP contribution >= 0.6 is 25.3 Å². The number of aliphatic carboxylic acids is 2. The Kier molecular flexibility index (Phi) is 36.7. The minimum absolute atomic E-state index is 0.0104. The molecule has 3 saturated heterocycles. The lowest BCUT2D eigenvalue weighted by Crippen LogP contribution is -2.62. The number of carboxylic acids is 2. The number of aliphatic hydroxyl groups is 2. The molecule has 0 aromatic carbocycles. The van der Waals surface area contributed by atoms with Crippen molar-refractivity contribution in [2.45, 2.75) is 208 Å². The number of unbranched alkanes of at least 4 members (excludes halogenated alkanes) is 1. The van der Waals surface area contributed by atoms with E-state index in [0.29, 0.717) is 25.0 Å². The number of aliphatic hydroxyl groups excluding tert-OH is 2. The molecule has 0 radical (unpaired) electrons. The first-order valence-corrected chi connectivity index (χ1v) is 37.1. The van der Waals surface area contributed by atoms with Gasteiger partial charge in [-0.05, 0) is 90.0 Å². The zero-order valence-electron chi connectivity index (χ0n) is 60.8. The third kappa shape index (κ3) is 26.8. The lowest BCUT2D eigenvalue weighted by molar-refractivity contribution is -0.149. The van der Waals surface area contributed by atoms with Crippen LogP contribution < -0.4 is 81.4 Å². The summed E-state index contributed by atoms with van der Waals surface area (Å²) in [7, 11) is 0. The maximum atomic E-state index is 14.9. The lowest BCUT2D eigenvalue weighted by Gasteiger charge is -2.35. The number of nitrogens with two attached hydrogens (primary N) is 4. The molecule has 5 heterocycles. The molecule has 43 nitrogen and oxygen atoms in total. The summed E-state index contributed by atoms with van der Waals surface area (Å²) < 4.78 is 1.21. The van der Waals surface area contributed by atoms with Gasteiger partial charge in [0.05, 0.1) is 49.9 Å². The first-order chi connectivity index (χ1) is 51.8. The molecule has 45 heteroatoms. The van der Waals surface area contributed by atoms with Crippen molar-refractivity contribution in [2.24, 2.45) is 28.9 Å². The number of carboxylic acid groups (broad SMARTS) is 2. The number of hydrogen-bond acceptors (Lipinski definition) is 26. The van der Waals surface area contributed by atoms with Crippen LogP contribution in [0.25, 0.3) is 0 Å². The number of hydrogen-bond donors (Lipinski definition) is 23. The molecule has 0 spiro atoms. The summed E-state index contributed by atoms with van der Waals surface area (Å²) in [6.45, 7) is 2.90. The van der Waals surface area contributed by atoms with Gasteiger partial charge >= 0.3 is 11.9 Å². The Balaban J connectivity index is 1.29. The van der Waals surface area contributed by atoms with Gasteiger partial charge in [0.1, 0.15) is 78.5 Å². The molecule has 3 aliphatic rings. The summed E-state index contributed by atoms with van der Waals surface area (Å²) in [6.07, 6.45) is 3.41. The standard InChI is InChI=1S/C64H104N24O19S2/c1-4-32(2)49(81-54(97)41(28-89)78-52(95)37(11-5-6-16-65)74-59(102)50(33(3)90)82-56(99)43(30-109)79-51(94)36(73-47(91)24-67)12-7-17-71-64(68)69)62(105)88-20-10-15-46(88)61(104)87-19-9-14-45(87)58(101)77-40(27-85-26-35(23-66)83-84-85)53(96)80-42(29-108)55(98)75-38(21-34-25-70-31-72-34)60(103)86-18-8-13-44(86)57(100)76-39(63(106)107)22-48(92)93/h25-26,31-33,36-46,49-50,89-90,108-109H,4-24,27-30,65-67H2,1-3H3,(H,70,72)(H,73,91)(H,74,102)(H,75,98)(H,76,100)(H,77,101)(H,78,95)(H,79,94)(H,80,96)(H,81,97)(H,82,99)(H,92,93)(H,106,107)(H4,68,69,71)/t32-,33+,36-,37?,38?,39-,40-,41-,42-,43?,44-,45-,46-,49-,50-/m0/s1. The summed E-state index contributed by atoms with van der Waals surface area (Å²) >= 11 is 8.51. The normalized spacial score (nSPS) is 18.7. The van der Waals surface area contributed by atoms with E-state index in [2.05, 4.69) is 104 Å². The van der Waals surface area contributed by atoms with Crippen molar-refractivity contribution in [3.8, 4) is 0 Å². The smallest absolute Gasteiger partial charge is 0.326 e. The first kappa shape index (κ1) is 89.8. The lowest BCUT2D eigenvalue weighted by atomic mass is 9.96. The van der Waals surface area contributed by atoms with Crippen molar-refractivity contribution in [1.29, 1.82) is 5.41 Å². The molecular formula is C64H104N24O19S2. The number of carbonyl (C=O) groups is 15. The zero-order chi connectivity index (χ0) is 80.8. The highest BCUT2D eigenvalue weighted by Crippen LogP contribution is 2.28. The van der Waals surface area contributed by atoms with Crippen LogP contribution in [0.3, 0.4) is 0 Å². The van der Waals surface area contributed by atoms with Crippen LogP contribution in [0.2, 0.25) is 0 Å². The van der Waals surface area contributed by atoms with Gasteiger partial charge in [-0.2, -0.15) is 25.3 Å². The molecule has 25 N–H and O–H groups in total. The number of amides is 13. The number of likely N-dealkylation sites (tertiary alicyclic amines) is 3. The highest BCUT2D eigenvalue weighted by Gasteiger charge is 2.47. The molecule has 3 aliphatic heterocycles. The second-order valence-corrected chi connectivity index (χ2v) is 27.3. The summed E-state index contributed by atoms with van der Waals surface area (Å²) in [5, 5.41) is 83.0. The van der Waals surface area contributed by atoms with Gasteiger partial charge in [0.15, 0.2) is 5.96 Å². The van der Waals surface area contributed by atoms with Crippen LogP contribution in [-0.4, -0.2) is 297 Å². The topological polar surface area (TPSA) is 666 Å². The molecule has 0 aliphatic carbocycles. The van der Waals surface area contributed by atoms with E-state index in [0.717, 1.165) is 11.8 Å². The average Bonchev–Trinajstić information content (AvgIpc) is 1.67. The van der Waals surface area contributed by atoms with E-state index in [4.69, 9.17) is 28.3 Å². The number of nitrogens with zero attached hydrogens (tertiary/aromatic N) is 7. The van der Waals surface area contributed by atoms with Crippen LogP contribution in [0.5, 0.6) is 0 Å². The highest BCUT2D eigenvalue weighted by molar-refractivity contribution is 7.80. The number of nitrogens with one attached hydrogen (secondary N) is 13. The molecule has 0 saturated carbocycles. The van der Waals surface area contributed by atoms with Crippen LogP contribution in [0, 0.1) is 11.3 Å². The summed E-state index contributed by atoms with van der Waals surface area (Å²) in [5.74, 6) is -16.4. The molecule has 5 rings (SSSR count). The maximum absolute atomic E-state index is 14.9. The Morgan fingerprint density at radius 1 is 0.615 bits per heavy atom. The SMILES string of the molecule is CC[C@H](C)[C@H](NC(=O)[C@H](CO)NC(=O)C(CCCCN)NC(=O)[C@@H](NC(=O)C(CS)NC(=O)[C@H](CCCNC(=N)N)NC(=O)CN)[C@@H](C)O)C(=O)N1CCC[C@H]1C(=O)N1CCC[C@H]1C(=O)N[C@@H](Cn1cc(CN)nn1)C(=O)N[C@@H](CS)C(=O)NC(Cc1c[nH]cn1)C(=O)N1CCC[C@H]1C(=O)N[C@@H](CC(=O)O)C(=O)O. The van der Waals surface area contributed by atoms with Crippen LogP contribution in [-0.2, 0) is 91.4 Å². The molecule has 0 bridgehead atoms. The number of rotatable bonds is 45. The van der Waals surface area contributed by atoms with Crippen molar-refractivity contribution in [3.63, 3.8) is 0 Å². The van der Waals surface area contributed by atoms with Gasteiger partial charge in [0.2, 0.25) is 76.8 Å². The molecule has 3 fully saturated rings. The van der Waals surface area contributed by atoms with E-state index in [1.54, 1.807) is 13.8 Å². The van der Waals surface area contributed by atoms with Crippen LogP contribution in [0.1, 0.15) is 116 Å². The van der Waals surface area contributed by atoms with Gasteiger partial charge in [-0.15, -0.1) is 5.10 Å². The third-order valence-electron chi connectivity index (χ3n) is 18.6. The quantitative estimate of drug-likeness (QED) is 0.0127. The number of carbonyl (C=O) groups excluding carboxylic acids is 13. The fraction of sp³-hybridized carbons (Fsp3) is 0.672. The number of guanidine groups is 1. The molecule has 3 unspecified atom stereocenters. The molecule has 606 valence electrons. The predicted octanol–water partition coefficient (Wildman–Crippen LogP) is -9.29. The van der Waals surface area contributed by atoms with Gasteiger partial charge in [-0.3, -0.25) is 72.5 Å². The Labute approximate surface area is 638 Å². The van der Waals surface area contributed by atoms with Crippen LogP contribution in [0.15, 0.2) is 18.7 Å². The number of imidazole rings is 1. The number of aromatic amines is 1. The van der Waals surface area contributed by atoms with Crippen molar-refractivity contribution in [3.05, 3.63) is 30.1 Å². The fourth-order valence-electron chi connectivity index (χ4n) is 12.4. The van der Waals surface area contributed by atoms with Gasteiger partial charge in [-0.25, -0.2) is 14.5 Å². The summed E-state index contributed by atoms with van der Waals surface area (Å²) in [5.41, 5.74) is 22.9. The monoisotopic (exact) mass is 1580 g/mol. The minimum Gasteiger partial charge on any atom is -0.481 e. The van der Waals surface area contributed by atoms with E-state index >= 15 is 0 Å². The maximum Gasteiger partial charge on any atom is 0.326 e. The minimum atomic E-state index is -1.82. The Morgan fingerprint density at radius 3 is 1.66 bits per heavy atom. The van der Waals surface area contributed by atoms with Crippen molar-refractivity contribution in [1.82, 2.24) is 98.1 Å². The Bertz CT molecular complexity index is 3500. The van der Waals surface area contributed by atoms with Crippen molar-refractivity contribution >= 4 is 120 Å². The second kappa shape index (κ2) is 44.6. The third-order valence-corrected chi connectivity index (χ3v) is 19.3. The molecule has 2 aromatic heterocycles. The molecule has 2 aromatic rings. The largest absolute Gasteiger partial charge is 0.481 e. The number of thiol groups is 2. The van der Waals surface area contributed by atoms with E-state index in [1.165, 1.54) is 33.2 Å². The highest BCUT2D eigenvalue weighted by atomic mass is 32.1.